The van der Waals surface area contributed by atoms with Crippen LogP contribution in [0, 0.1) is 0 Å². The van der Waals surface area contributed by atoms with Gasteiger partial charge in [-0.05, 0) is 29.8 Å². The maximum absolute atomic E-state index is 12.8. The molecule has 2 aromatic carbocycles. The Morgan fingerprint density at radius 1 is 1.04 bits per heavy atom. The molecule has 0 unspecified atom stereocenters. The topological polar surface area (TPSA) is 84.9 Å². The molecule has 4 rings (SSSR count). The lowest BCUT2D eigenvalue weighted by Gasteiger charge is -2.26. The van der Waals surface area contributed by atoms with Gasteiger partial charge in [-0.25, -0.2) is 9.69 Å². The Bertz CT molecular complexity index is 971. The smallest absolute Gasteiger partial charge is 0.335 e. The standard InChI is InChI=1S/C18H11ClN2O5/c19-13-8-15-14(25-9-26-15)7-10(13)6-12-16(22)20-18(24)21(17(12)23)11-4-2-1-3-5-11/h1-8H,9H2,(H,20,22,24). The van der Waals surface area contributed by atoms with Gasteiger partial charge in [0.1, 0.15) is 5.57 Å². The number of fused-ring (bicyclic) bond motifs is 1. The molecule has 4 amide bonds. The van der Waals surface area contributed by atoms with Gasteiger partial charge >= 0.3 is 6.03 Å². The van der Waals surface area contributed by atoms with E-state index in [9.17, 15) is 14.4 Å². The molecule has 0 radical (unpaired) electrons. The Kier molecular flexibility index (Phi) is 3.85. The number of carbonyl (C=O) groups is 3. The number of barbiturate groups is 1. The van der Waals surface area contributed by atoms with E-state index in [4.69, 9.17) is 21.1 Å². The van der Waals surface area contributed by atoms with Crippen molar-refractivity contribution in [2.24, 2.45) is 0 Å². The fourth-order valence-electron chi connectivity index (χ4n) is 2.67. The number of nitrogens with one attached hydrogen (secondary N) is 1. The highest BCUT2D eigenvalue weighted by molar-refractivity contribution is 6.40. The zero-order chi connectivity index (χ0) is 18.3. The molecule has 2 aromatic rings. The predicted octanol–water partition coefficient (Wildman–Crippen LogP) is 2.74. The summed E-state index contributed by atoms with van der Waals surface area (Å²) in [4.78, 5) is 38.0. The number of anilines is 1. The van der Waals surface area contributed by atoms with Crippen LogP contribution in [0.3, 0.4) is 0 Å². The molecule has 26 heavy (non-hydrogen) atoms. The number of amides is 4. The molecule has 0 atom stereocenters. The number of rotatable bonds is 2. The molecule has 2 aliphatic rings. The van der Waals surface area contributed by atoms with E-state index in [1.807, 2.05) is 0 Å². The molecule has 7 nitrogen and oxygen atoms in total. The molecule has 1 saturated heterocycles. The normalized spacial score (nSPS) is 17.7. The minimum absolute atomic E-state index is 0.0708. The van der Waals surface area contributed by atoms with Gasteiger partial charge in [0, 0.05) is 6.07 Å². The second-order valence-corrected chi connectivity index (χ2v) is 5.93. The van der Waals surface area contributed by atoms with Crippen LogP contribution in [0.5, 0.6) is 11.5 Å². The van der Waals surface area contributed by atoms with Gasteiger partial charge in [0.15, 0.2) is 11.5 Å². The van der Waals surface area contributed by atoms with Crippen molar-refractivity contribution >= 4 is 41.2 Å². The van der Waals surface area contributed by atoms with Crippen molar-refractivity contribution in [3.05, 3.63) is 58.6 Å². The number of hydrogen-bond acceptors (Lipinski definition) is 5. The van der Waals surface area contributed by atoms with Crippen molar-refractivity contribution in [2.45, 2.75) is 0 Å². The lowest BCUT2D eigenvalue weighted by atomic mass is 10.1. The monoisotopic (exact) mass is 370 g/mol. The summed E-state index contributed by atoms with van der Waals surface area (Å²) in [7, 11) is 0. The quantitative estimate of drug-likeness (QED) is 0.649. The van der Waals surface area contributed by atoms with Gasteiger partial charge in [0.2, 0.25) is 6.79 Å². The second-order valence-electron chi connectivity index (χ2n) is 5.52. The van der Waals surface area contributed by atoms with Crippen LogP contribution in [0.25, 0.3) is 6.08 Å². The lowest BCUT2D eigenvalue weighted by molar-refractivity contribution is -0.122. The molecule has 0 saturated carbocycles. The number of hydrogen-bond donors (Lipinski definition) is 1. The first kappa shape index (κ1) is 16.2. The summed E-state index contributed by atoms with van der Waals surface area (Å²) in [6, 6.07) is 10.6. The van der Waals surface area contributed by atoms with Gasteiger partial charge in [-0.2, -0.15) is 0 Å². The highest BCUT2D eigenvalue weighted by Gasteiger charge is 2.37. The van der Waals surface area contributed by atoms with Gasteiger partial charge in [-0.1, -0.05) is 29.8 Å². The van der Waals surface area contributed by atoms with Crippen molar-refractivity contribution in [3.8, 4) is 11.5 Å². The third-order valence-corrected chi connectivity index (χ3v) is 4.24. The molecule has 0 bridgehead atoms. The summed E-state index contributed by atoms with van der Waals surface area (Å²) >= 11 is 6.20. The number of para-hydroxylation sites is 1. The molecule has 0 aliphatic carbocycles. The molecular weight excluding hydrogens is 360 g/mol. The van der Waals surface area contributed by atoms with Gasteiger partial charge in [-0.15, -0.1) is 0 Å². The Hall–Kier alpha value is -3.32. The van der Waals surface area contributed by atoms with Gasteiger partial charge in [0.05, 0.1) is 10.7 Å². The molecule has 1 fully saturated rings. The van der Waals surface area contributed by atoms with Gasteiger partial charge in [-0.3, -0.25) is 14.9 Å². The zero-order valence-electron chi connectivity index (χ0n) is 13.2. The summed E-state index contributed by atoms with van der Waals surface area (Å²) in [5.41, 5.74) is 0.538. The first-order chi connectivity index (χ1) is 12.5. The van der Waals surface area contributed by atoms with Crippen LogP contribution in [0.2, 0.25) is 5.02 Å². The highest BCUT2D eigenvalue weighted by atomic mass is 35.5. The fraction of sp³-hybridized carbons (Fsp3) is 0.0556. The third-order valence-electron chi connectivity index (χ3n) is 3.91. The van der Waals surface area contributed by atoms with Crippen LogP contribution < -0.4 is 19.7 Å². The van der Waals surface area contributed by atoms with E-state index in [1.165, 1.54) is 6.08 Å². The number of imide groups is 2. The van der Waals surface area contributed by atoms with E-state index in [1.54, 1.807) is 42.5 Å². The zero-order valence-corrected chi connectivity index (χ0v) is 13.9. The molecule has 2 aliphatic heterocycles. The molecule has 2 heterocycles. The largest absolute Gasteiger partial charge is 0.454 e. The Morgan fingerprint density at radius 3 is 2.46 bits per heavy atom. The fourth-order valence-corrected chi connectivity index (χ4v) is 2.88. The average molecular weight is 371 g/mol. The molecule has 1 N–H and O–H groups in total. The first-order valence-electron chi connectivity index (χ1n) is 7.60. The van der Waals surface area contributed by atoms with Crippen LogP contribution in [0.1, 0.15) is 5.56 Å². The van der Waals surface area contributed by atoms with Crippen molar-refractivity contribution < 1.29 is 23.9 Å². The predicted molar refractivity (Wildman–Crippen MR) is 93.0 cm³/mol. The molecule has 0 spiro atoms. The minimum Gasteiger partial charge on any atom is -0.454 e. The SMILES string of the molecule is O=C1NC(=O)N(c2ccccc2)C(=O)C1=Cc1cc2c(cc1Cl)OCO2. The van der Waals surface area contributed by atoms with E-state index in [0.29, 0.717) is 22.7 Å². The number of carbonyl (C=O) groups excluding carboxylic acids is 3. The maximum atomic E-state index is 12.8. The van der Waals surface area contributed by atoms with Crippen LogP contribution in [-0.4, -0.2) is 24.6 Å². The number of urea groups is 1. The highest BCUT2D eigenvalue weighted by Crippen LogP contribution is 2.37. The summed E-state index contributed by atoms with van der Waals surface area (Å²) in [5, 5.41) is 2.44. The van der Waals surface area contributed by atoms with Crippen LogP contribution >= 0.6 is 11.6 Å². The second kappa shape index (κ2) is 6.20. The number of ether oxygens (including phenoxy) is 2. The Morgan fingerprint density at radius 2 is 1.73 bits per heavy atom. The average Bonchev–Trinajstić information content (AvgIpc) is 3.06. The number of benzene rings is 2. The van der Waals surface area contributed by atoms with Crippen molar-refractivity contribution in [1.82, 2.24) is 5.32 Å². The van der Waals surface area contributed by atoms with Gasteiger partial charge < -0.3 is 9.47 Å². The minimum atomic E-state index is -0.805. The van der Waals surface area contributed by atoms with Crippen molar-refractivity contribution in [2.75, 3.05) is 11.7 Å². The number of nitrogens with zero attached hydrogens (tertiary/aromatic N) is 1. The molecule has 130 valence electrons. The van der Waals surface area contributed by atoms with Crippen molar-refractivity contribution in [1.29, 1.82) is 0 Å². The van der Waals surface area contributed by atoms with E-state index in [2.05, 4.69) is 5.32 Å². The summed E-state index contributed by atoms with van der Waals surface area (Å²) < 4.78 is 10.5. The summed E-state index contributed by atoms with van der Waals surface area (Å²) in [6.07, 6.45) is 1.32. The Balaban J connectivity index is 1.76. The summed E-state index contributed by atoms with van der Waals surface area (Å²) in [6.45, 7) is 0.0708. The van der Waals surface area contributed by atoms with Crippen LogP contribution in [0.15, 0.2) is 48.0 Å². The molecule has 0 aromatic heterocycles. The molecule has 8 heteroatoms. The van der Waals surface area contributed by atoms with E-state index >= 15 is 0 Å². The third kappa shape index (κ3) is 2.68. The van der Waals surface area contributed by atoms with Crippen molar-refractivity contribution in [3.63, 3.8) is 0 Å². The Labute approximate surface area is 152 Å². The van der Waals surface area contributed by atoms with E-state index < -0.39 is 17.8 Å². The first-order valence-corrected chi connectivity index (χ1v) is 7.98. The molecular formula is C18H11ClN2O5. The number of halogens is 1. The lowest BCUT2D eigenvalue weighted by Crippen LogP contribution is -2.54. The van der Waals surface area contributed by atoms with Crippen LogP contribution in [-0.2, 0) is 9.59 Å². The van der Waals surface area contributed by atoms with E-state index in [-0.39, 0.29) is 17.4 Å². The van der Waals surface area contributed by atoms with Crippen LogP contribution in [0.4, 0.5) is 10.5 Å². The van der Waals surface area contributed by atoms with E-state index in [0.717, 1.165) is 4.90 Å². The maximum Gasteiger partial charge on any atom is 0.335 e. The van der Waals surface area contributed by atoms with Gasteiger partial charge in [0.25, 0.3) is 11.8 Å². The summed E-state index contributed by atoms with van der Waals surface area (Å²) in [5.74, 6) is -0.585.